The van der Waals surface area contributed by atoms with E-state index in [9.17, 15) is 13.2 Å². The summed E-state index contributed by atoms with van der Waals surface area (Å²) in [6.45, 7) is 0. The summed E-state index contributed by atoms with van der Waals surface area (Å²) in [4.78, 5) is 0. The molecule has 0 radical (unpaired) electrons. The molecule has 0 amide bonds. The second kappa shape index (κ2) is 7.26. The second-order valence-corrected chi connectivity index (χ2v) is 5.42. The molecule has 25 heavy (non-hydrogen) atoms. The van der Waals surface area contributed by atoms with Gasteiger partial charge in [-0.1, -0.05) is 54.6 Å². The van der Waals surface area contributed by atoms with Gasteiger partial charge in [0, 0.05) is 11.1 Å². The van der Waals surface area contributed by atoms with E-state index >= 15 is 0 Å². The molecule has 0 aromatic heterocycles. The molecule has 126 valence electrons. The van der Waals surface area contributed by atoms with Crippen molar-refractivity contribution < 1.29 is 17.9 Å². The molecule has 3 rings (SSSR count). The van der Waals surface area contributed by atoms with Gasteiger partial charge in [0.15, 0.2) is 11.6 Å². The van der Waals surface area contributed by atoms with Crippen LogP contribution in [0.25, 0.3) is 23.3 Å². The Morgan fingerprint density at radius 3 is 2.16 bits per heavy atom. The second-order valence-electron chi connectivity index (χ2n) is 5.42. The normalized spacial score (nSPS) is 11.0. The molecule has 3 aromatic carbocycles. The van der Waals surface area contributed by atoms with Crippen molar-refractivity contribution in [1.82, 2.24) is 0 Å². The van der Waals surface area contributed by atoms with Crippen LogP contribution >= 0.6 is 0 Å². The number of halogens is 3. The Bertz CT molecular complexity index is 915. The van der Waals surface area contributed by atoms with Crippen LogP contribution in [0.1, 0.15) is 11.1 Å². The third-order valence-corrected chi connectivity index (χ3v) is 3.85. The van der Waals surface area contributed by atoms with Crippen LogP contribution in [0, 0.1) is 17.5 Å². The maximum atomic E-state index is 14.1. The van der Waals surface area contributed by atoms with E-state index in [0.717, 1.165) is 5.56 Å². The summed E-state index contributed by atoms with van der Waals surface area (Å²) in [5, 5.41) is 0. The topological polar surface area (TPSA) is 9.23 Å². The molecule has 0 heterocycles. The van der Waals surface area contributed by atoms with Crippen LogP contribution in [-0.4, -0.2) is 7.11 Å². The zero-order valence-electron chi connectivity index (χ0n) is 13.5. The average Bonchev–Trinajstić information content (AvgIpc) is 2.64. The molecular formula is C21H15F3O. The summed E-state index contributed by atoms with van der Waals surface area (Å²) in [5.41, 5.74) is 2.00. The van der Waals surface area contributed by atoms with Crippen LogP contribution in [0.4, 0.5) is 13.2 Å². The maximum absolute atomic E-state index is 14.1. The number of hydrogen-bond acceptors (Lipinski definition) is 1. The standard InChI is InChI=1S/C21H15F3O/c1-25-19-13-12-17(20(23)21(19)24)15-9-6-14(7-10-15)8-11-16-4-2-3-5-18(16)22/h2-13H,1H3/b11-8+. The molecule has 0 aliphatic rings. The maximum Gasteiger partial charge on any atom is 0.201 e. The Kier molecular flexibility index (Phi) is 4.89. The van der Waals surface area contributed by atoms with Gasteiger partial charge in [-0.25, -0.2) is 8.78 Å². The molecule has 0 saturated carbocycles. The Balaban J connectivity index is 1.86. The molecular weight excluding hydrogens is 325 g/mol. The van der Waals surface area contributed by atoms with Crippen LogP contribution < -0.4 is 4.74 Å². The molecule has 0 aliphatic heterocycles. The zero-order valence-corrected chi connectivity index (χ0v) is 13.5. The molecule has 4 heteroatoms. The molecule has 0 fully saturated rings. The highest BCUT2D eigenvalue weighted by Crippen LogP contribution is 2.30. The van der Waals surface area contributed by atoms with E-state index in [-0.39, 0.29) is 17.1 Å². The van der Waals surface area contributed by atoms with Crippen LogP contribution in [0.3, 0.4) is 0 Å². The first-order valence-electron chi connectivity index (χ1n) is 7.65. The van der Waals surface area contributed by atoms with Crippen molar-refractivity contribution in [2.24, 2.45) is 0 Å². The smallest absolute Gasteiger partial charge is 0.201 e. The Morgan fingerprint density at radius 2 is 1.48 bits per heavy atom. The lowest BCUT2D eigenvalue weighted by molar-refractivity contribution is 0.372. The van der Waals surface area contributed by atoms with Gasteiger partial charge in [-0.2, -0.15) is 4.39 Å². The van der Waals surface area contributed by atoms with E-state index in [2.05, 4.69) is 0 Å². The Hall–Kier alpha value is -3.01. The number of rotatable bonds is 4. The minimum atomic E-state index is -1.01. The lowest BCUT2D eigenvalue weighted by atomic mass is 10.0. The van der Waals surface area contributed by atoms with Crippen LogP contribution in [0.2, 0.25) is 0 Å². The molecule has 3 aromatic rings. The first-order valence-corrected chi connectivity index (χ1v) is 7.65. The Labute approximate surface area is 144 Å². The number of ether oxygens (including phenoxy) is 1. The summed E-state index contributed by atoms with van der Waals surface area (Å²) in [7, 11) is 1.29. The third-order valence-electron chi connectivity index (χ3n) is 3.85. The van der Waals surface area contributed by atoms with Gasteiger partial charge in [-0.3, -0.25) is 0 Å². The quantitative estimate of drug-likeness (QED) is 0.533. The first kappa shape index (κ1) is 16.8. The summed E-state index contributed by atoms with van der Waals surface area (Å²) in [6.07, 6.45) is 3.42. The number of hydrogen-bond donors (Lipinski definition) is 0. The predicted molar refractivity (Wildman–Crippen MR) is 93.7 cm³/mol. The highest BCUT2D eigenvalue weighted by molar-refractivity contribution is 5.72. The Morgan fingerprint density at radius 1 is 0.760 bits per heavy atom. The number of benzene rings is 3. The fraction of sp³-hybridized carbons (Fsp3) is 0.0476. The van der Waals surface area contributed by atoms with E-state index in [1.807, 2.05) is 0 Å². The molecule has 0 atom stereocenters. The van der Waals surface area contributed by atoms with Gasteiger partial charge >= 0.3 is 0 Å². The third kappa shape index (κ3) is 3.58. The van der Waals surface area contributed by atoms with Crippen molar-refractivity contribution >= 4 is 12.2 Å². The van der Waals surface area contributed by atoms with Crippen molar-refractivity contribution in [1.29, 1.82) is 0 Å². The van der Waals surface area contributed by atoms with E-state index in [0.29, 0.717) is 11.1 Å². The summed E-state index contributed by atoms with van der Waals surface area (Å²) in [5.74, 6) is -2.39. The molecule has 0 bridgehead atoms. The zero-order chi connectivity index (χ0) is 17.8. The van der Waals surface area contributed by atoms with Crippen molar-refractivity contribution in [3.8, 4) is 16.9 Å². The van der Waals surface area contributed by atoms with Gasteiger partial charge in [0.2, 0.25) is 5.82 Å². The van der Waals surface area contributed by atoms with Gasteiger partial charge in [0.1, 0.15) is 5.82 Å². The minimum Gasteiger partial charge on any atom is -0.494 e. The van der Waals surface area contributed by atoms with Gasteiger partial charge in [0.05, 0.1) is 7.11 Å². The monoisotopic (exact) mass is 340 g/mol. The summed E-state index contributed by atoms with van der Waals surface area (Å²) in [6, 6.07) is 16.2. The van der Waals surface area contributed by atoms with E-state index in [4.69, 9.17) is 4.74 Å². The largest absolute Gasteiger partial charge is 0.494 e. The summed E-state index contributed by atoms with van der Waals surface area (Å²) >= 11 is 0. The lowest BCUT2D eigenvalue weighted by Crippen LogP contribution is -1.94. The molecule has 0 saturated heterocycles. The van der Waals surface area contributed by atoms with Crippen molar-refractivity contribution in [3.63, 3.8) is 0 Å². The highest BCUT2D eigenvalue weighted by Gasteiger charge is 2.14. The van der Waals surface area contributed by atoms with E-state index in [1.165, 1.54) is 25.3 Å². The van der Waals surface area contributed by atoms with Gasteiger partial charge in [0.25, 0.3) is 0 Å². The van der Waals surface area contributed by atoms with Gasteiger partial charge in [-0.05, 0) is 29.3 Å². The molecule has 0 spiro atoms. The van der Waals surface area contributed by atoms with Gasteiger partial charge < -0.3 is 4.74 Å². The first-order chi connectivity index (χ1) is 12.1. The summed E-state index contributed by atoms with van der Waals surface area (Å²) < 4.78 is 46.3. The van der Waals surface area contributed by atoms with E-state index in [1.54, 1.807) is 54.6 Å². The highest BCUT2D eigenvalue weighted by atomic mass is 19.2. The molecule has 0 N–H and O–H groups in total. The average molecular weight is 340 g/mol. The SMILES string of the molecule is COc1ccc(-c2ccc(/C=C/c3ccccc3F)cc2)c(F)c1F. The fourth-order valence-corrected chi connectivity index (χ4v) is 2.48. The molecule has 0 unspecified atom stereocenters. The number of methoxy groups -OCH3 is 1. The van der Waals surface area contributed by atoms with E-state index < -0.39 is 11.6 Å². The van der Waals surface area contributed by atoms with Crippen molar-refractivity contribution in [2.75, 3.05) is 7.11 Å². The molecule has 1 nitrogen and oxygen atoms in total. The van der Waals surface area contributed by atoms with Crippen LogP contribution in [0.5, 0.6) is 5.75 Å². The van der Waals surface area contributed by atoms with Crippen LogP contribution in [-0.2, 0) is 0 Å². The van der Waals surface area contributed by atoms with Crippen LogP contribution in [0.15, 0.2) is 60.7 Å². The van der Waals surface area contributed by atoms with Crippen molar-refractivity contribution in [2.45, 2.75) is 0 Å². The predicted octanol–water partition coefficient (Wildman–Crippen LogP) is 5.95. The lowest BCUT2D eigenvalue weighted by Gasteiger charge is -2.08. The molecule has 0 aliphatic carbocycles. The minimum absolute atomic E-state index is 0.134. The fourth-order valence-electron chi connectivity index (χ4n) is 2.48. The van der Waals surface area contributed by atoms with Crippen molar-refractivity contribution in [3.05, 3.63) is 89.2 Å². The van der Waals surface area contributed by atoms with Gasteiger partial charge in [-0.15, -0.1) is 0 Å².